The monoisotopic (exact) mass is 224 g/mol. The van der Waals surface area contributed by atoms with Gasteiger partial charge in [-0.1, -0.05) is 12.1 Å². The van der Waals surface area contributed by atoms with Gasteiger partial charge in [-0.3, -0.25) is 4.21 Å². The van der Waals surface area contributed by atoms with E-state index < -0.39 is 8.77 Å². The van der Waals surface area contributed by atoms with Crippen LogP contribution in [0.25, 0.3) is 0 Å². The Morgan fingerprint density at radius 1 is 1.38 bits per heavy atom. The summed E-state index contributed by atoms with van der Waals surface area (Å²) in [5.74, 6) is 0. The minimum absolute atomic E-state index is 0. The minimum Gasteiger partial charge on any atom is -0.766 e. The molecule has 1 unspecified atom stereocenters. The largest absolute Gasteiger partial charge is 1.00 e. The van der Waals surface area contributed by atoms with E-state index in [2.05, 4.69) is 11.2 Å². The van der Waals surface area contributed by atoms with Gasteiger partial charge in [-0.2, -0.15) is 0 Å². The van der Waals surface area contributed by atoms with Gasteiger partial charge in [0.05, 0.1) is 0 Å². The summed E-state index contributed by atoms with van der Waals surface area (Å²) in [6.45, 7) is 3.57. The number of hydrogen-bond donors (Lipinski definition) is 0. The Hall–Kier alpha value is 0.550. The molecule has 66 valence electrons. The van der Waals surface area contributed by atoms with Gasteiger partial charge in [-0.05, 0) is 51.0 Å². The van der Waals surface area contributed by atoms with Crippen molar-refractivity contribution >= 4 is 20.0 Å². The van der Waals surface area contributed by atoms with Crippen LogP contribution in [0.1, 0.15) is 11.1 Å². The van der Waals surface area contributed by atoms with Crippen molar-refractivity contribution in [1.82, 2.24) is 0 Å². The predicted molar refractivity (Wildman–Crippen MR) is 50.5 cm³/mol. The fourth-order valence-electron chi connectivity index (χ4n) is 0.977. The van der Waals surface area contributed by atoms with Gasteiger partial charge in [0.1, 0.15) is 0 Å². The molecular weight excluding hydrogens is 215 g/mol. The predicted octanol–water partition coefficient (Wildman–Crippen LogP) is -1.46. The maximum atomic E-state index is 11.0. The van der Waals surface area contributed by atoms with Crippen LogP contribution in [0.3, 0.4) is 0 Å². The molecule has 0 heterocycles. The van der Waals surface area contributed by atoms with Crippen molar-refractivity contribution in [2.45, 2.75) is 18.7 Å². The standard InChI is InChI=1S/C8H10O2S2.Na/c1-6-3-4-7(2)8(5-6)12(9,10)11;/h3-5H,1-2H3,(H,9,10,11);/q;+1/p-1. The summed E-state index contributed by atoms with van der Waals surface area (Å²) in [4.78, 5) is 0.248. The zero-order valence-electron chi connectivity index (χ0n) is 7.87. The molecule has 13 heavy (non-hydrogen) atoms. The van der Waals surface area contributed by atoms with Crippen LogP contribution in [0.5, 0.6) is 0 Å². The first-order valence-corrected chi connectivity index (χ1v) is 5.85. The fraction of sp³-hybridized carbons (Fsp3) is 0.250. The second kappa shape index (κ2) is 4.87. The zero-order chi connectivity index (χ0) is 9.35. The van der Waals surface area contributed by atoms with Crippen LogP contribution in [-0.2, 0) is 20.0 Å². The minimum atomic E-state index is -3.47. The topological polar surface area (TPSA) is 40.1 Å². The van der Waals surface area contributed by atoms with Crippen LogP contribution in [0.4, 0.5) is 0 Å². The van der Waals surface area contributed by atoms with Gasteiger partial charge in [0.15, 0.2) is 0 Å². The SMILES string of the molecule is Cc1ccc(C)c(S(=O)([O-])=S)c1.[Na+]. The molecule has 0 aliphatic rings. The van der Waals surface area contributed by atoms with Crippen LogP contribution in [0.2, 0.25) is 0 Å². The average molecular weight is 224 g/mol. The van der Waals surface area contributed by atoms with Crippen molar-refractivity contribution < 1.29 is 38.3 Å². The molecule has 0 saturated heterocycles. The molecule has 0 saturated carbocycles. The van der Waals surface area contributed by atoms with E-state index >= 15 is 0 Å². The molecule has 1 aromatic carbocycles. The maximum Gasteiger partial charge on any atom is 1.00 e. The Morgan fingerprint density at radius 3 is 2.31 bits per heavy atom. The van der Waals surface area contributed by atoms with E-state index in [1.165, 1.54) is 0 Å². The summed E-state index contributed by atoms with van der Waals surface area (Å²) < 4.78 is 22.0. The second-order valence-electron chi connectivity index (χ2n) is 2.72. The van der Waals surface area contributed by atoms with Gasteiger partial charge in [0.2, 0.25) is 0 Å². The Balaban J connectivity index is 0.00000144. The van der Waals surface area contributed by atoms with Gasteiger partial charge in [-0.15, -0.1) is 0 Å². The van der Waals surface area contributed by atoms with E-state index in [0.29, 0.717) is 5.56 Å². The smallest absolute Gasteiger partial charge is 0.766 e. The molecule has 1 rings (SSSR count). The molecule has 0 aliphatic carbocycles. The molecule has 0 fully saturated rings. The molecular formula is C8H9NaO2S2. The summed E-state index contributed by atoms with van der Waals surface area (Å²) >= 11 is 4.37. The Morgan fingerprint density at radius 2 is 1.92 bits per heavy atom. The summed E-state index contributed by atoms with van der Waals surface area (Å²) in [5, 5.41) is 0. The van der Waals surface area contributed by atoms with E-state index in [1.54, 1.807) is 19.1 Å². The molecule has 1 atom stereocenters. The summed E-state index contributed by atoms with van der Waals surface area (Å²) in [5.41, 5.74) is 1.61. The Bertz CT molecular complexity index is 399. The molecule has 0 amide bonds. The molecule has 0 bridgehead atoms. The second-order valence-corrected chi connectivity index (χ2v) is 5.39. The molecule has 0 aromatic heterocycles. The van der Waals surface area contributed by atoms with E-state index in [1.807, 2.05) is 13.0 Å². The van der Waals surface area contributed by atoms with Crippen molar-refractivity contribution in [1.29, 1.82) is 0 Å². The number of rotatable bonds is 1. The molecule has 5 heteroatoms. The van der Waals surface area contributed by atoms with Crippen molar-refractivity contribution in [3.8, 4) is 0 Å². The van der Waals surface area contributed by atoms with Crippen LogP contribution < -0.4 is 29.6 Å². The third-order valence-corrected chi connectivity index (χ3v) is 3.13. The number of benzene rings is 1. The third-order valence-electron chi connectivity index (χ3n) is 1.61. The van der Waals surface area contributed by atoms with Crippen LogP contribution in [0.15, 0.2) is 23.1 Å². The molecule has 0 radical (unpaired) electrons. The number of hydrogen-bond acceptors (Lipinski definition) is 3. The van der Waals surface area contributed by atoms with Crippen molar-refractivity contribution in [2.75, 3.05) is 0 Å². The summed E-state index contributed by atoms with van der Waals surface area (Å²) in [6.07, 6.45) is 0. The molecule has 0 spiro atoms. The maximum absolute atomic E-state index is 11.0. The average Bonchev–Trinajstić information content (AvgIpc) is 1.92. The fourth-order valence-corrected chi connectivity index (χ4v) is 2.31. The Kier molecular flexibility index (Phi) is 5.07. The van der Waals surface area contributed by atoms with Crippen LogP contribution >= 0.6 is 0 Å². The van der Waals surface area contributed by atoms with Gasteiger partial charge in [-0.25, -0.2) is 0 Å². The van der Waals surface area contributed by atoms with Crippen molar-refractivity contribution in [2.24, 2.45) is 0 Å². The third kappa shape index (κ3) is 3.65. The van der Waals surface area contributed by atoms with Crippen molar-refractivity contribution in [3.63, 3.8) is 0 Å². The van der Waals surface area contributed by atoms with Crippen LogP contribution in [-0.4, -0.2) is 8.76 Å². The molecule has 1 aromatic rings. The quantitative estimate of drug-likeness (QED) is 0.548. The normalized spacial score (nSPS) is 14.4. The van der Waals surface area contributed by atoms with Gasteiger partial charge < -0.3 is 4.55 Å². The number of aryl methyl sites for hydroxylation is 2. The zero-order valence-corrected chi connectivity index (χ0v) is 11.5. The summed E-state index contributed by atoms with van der Waals surface area (Å²) in [7, 11) is -3.47. The first-order valence-electron chi connectivity index (χ1n) is 3.44. The van der Waals surface area contributed by atoms with E-state index in [4.69, 9.17) is 0 Å². The molecule has 0 N–H and O–H groups in total. The summed E-state index contributed by atoms with van der Waals surface area (Å²) in [6, 6.07) is 5.21. The first kappa shape index (κ1) is 13.5. The van der Waals surface area contributed by atoms with Gasteiger partial charge >= 0.3 is 29.6 Å². The van der Waals surface area contributed by atoms with Crippen molar-refractivity contribution in [3.05, 3.63) is 29.3 Å². The Labute approximate surface area is 106 Å². The van der Waals surface area contributed by atoms with E-state index in [-0.39, 0.29) is 34.5 Å². The first-order chi connectivity index (χ1) is 5.41. The van der Waals surface area contributed by atoms with E-state index in [0.717, 1.165) is 5.56 Å². The van der Waals surface area contributed by atoms with Gasteiger partial charge in [0, 0.05) is 4.90 Å². The molecule has 0 aliphatic heterocycles. The van der Waals surface area contributed by atoms with E-state index in [9.17, 15) is 8.76 Å². The van der Waals surface area contributed by atoms with Gasteiger partial charge in [0.25, 0.3) is 0 Å². The van der Waals surface area contributed by atoms with Crippen LogP contribution in [0, 0.1) is 13.8 Å². The molecule has 2 nitrogen and oxygen atoms in total.